The van der Waals surface area contributed by atoms with Gasteiger partial charge >= 0.3 is 0 Å². The highest BCUT2D eigenvalue weighted by Gasteiger charge is 2.26. The van der Waals surface area contributed by atoms with Crippen molar-refractivity contribution in [2.75, 3.05) is 0 Å². The van der Waals surface area contributed by atoms with Crippen molar-refractivity contribution in [3.05, 3.63) is 218 Å². The third-order valence-corrected chi connectivity index (χ3v) is 12.4. The molecule has 4 heterocycles. The first-order valence-electron chi connectivity index (χ1n) is 21.7. The molecule has 4 aromatic heterocycles. The van der Waals surface area contributed by atoms with E-state index in [1.165, 1.54) is 0 Å². The van der Waals surface area contributed by atoms with E-state index in [9.17, 15) is 0 Å². The van der Waals surface area contributed by atoms with Gasteiger partial charge in [0.1, 0.15) is 17.0 Å². The Morgan fingerprint density at radius 1 is 0.338 bits per heavy atom. The van der Waals surface area contributed by atoms with Crippen LogP contribution in [0, 0.1) is 0 Å². The van der Waals surface area contributed by atoms with Crippen LogP contribution in [0.2, 0.25) is 0 Å². The fraction of sp³-hybridized carbons (Fsp3) is 0. The standard InChI is InChI=1S/C58H36N6O/c1-5-18-37(19-6-1)40-32-33-44-43-26-13-15-30-49(43)64(51(44)36-40)58-61-55(39-22-9-3-10-23-39)60-56(62-58)47-28-17-27-45-46-35-34-42(38-20-7-2-8-21-38)52(54(46)65-53(45)47)57-59-48-29-14-16-31-50(48)63(57)41-24-11-4-12-25-41/h1-36H. The van der Waals surface area contributed by atoms with Gasteiger partial charge in [-0.25, -0.2) is 9.97 Å². The molecule has 0 atom stereocenters. The lowest BCUT2D eigenvalue weighted by Crippen LogP contribution is -2.06. The molecule has 7 heteroatoms. The van der Waals surface area contributed by atoms with Crippen LogP contribution in [0.15, 0.2) is 223 Å². The Kier molecular flexibility index (Phi) is 8.39. The van der Waals surface area contributed by atoms with Crippen LogP contribution in [0.25, 0.3) is 123 Å². The first kappa shape index (κ1) is 36.7. The van der Waals surface area contributed by atoms with Gasteiger partial charge in [-0.15, -0.1) is 0 Å². The highest BCUT2D eigenvalue weighted by molar-refractivity contribution is 6.15. The van der Waals surface area contributed by atoms with Gasteiger partial charge < -0.3 is 4.42 Å². The number of furan rings is 1. The van der Waals surface area contributed by atoms with Crippen LogP contribution < -0.4 is 0 Å². The van der Waals surface area contributed by atoms with Crippen molar-refractivity contribution in [1.82, 2.24) is 29.1 Å². The molecule has 13 rings (SSSR count). The predicted molar refractivity (Wildman–Crippen MR) is 263 cm³/mol. The zero-order valence-corrected chi connectivity index (χ0v) is 34.9. The number of aromatic nitrogens is 6. The zero-order chi connectivity index (χ0) is 42.8. The molecule has 0 spiro atoms. The summed E-state index contributed by atoms with van der Waals surface area (Å²) in [5.74, 6) is 2.37. The minimum atomic E-state index is 0.505. The van der Waals surface area contributed by atoms with Gasteiger partial charge in [0.15, 0.2) is 11.6 Å². The molecule has 0 bridgehead atoms. The molecular formula is C58H36N6O. The summed E-state index contributed by atoms with van der Waals surface area (Å²) in [5, 5.41) is 4.16. The first-order chi connectivity index (χ1) is 32.2. The van der Waals surface area contributed by atoms with Gasteiger partial charge in [-0.1, -0.05) is 170 Å². The number of imidazole rings is 1. The third kappa shape index (κ3) is 5.98. The van der Waals surface area contributed by atoms with Crippen molar-refractivity contribution in [2.24, 2.45) is 0 Å². The second-order valence-electron chi connectivity index (χ2n) is 16.2. The predicted octanol–water partition coefficient (Wildman–Crippen LogP) is 14.5. The maximum Gasteiger partial charge on any atom is 0.238 e. The average molecular weight is 833 g/mol. The molecule has 9 aromatic carbocycles. The quantitative estimate of drug-likeness (QED) is 0.160. The first-order valence-corrected chi connectivity index (χ1v) is 21.7. The monoisotopic (exact) mass is 832 g/mol. The van der Waals surface area contributed by atoms with Crippen molar-refractivity contribution in [3.63, 3.8) is 0 Å². The van der Waals surface area contributed by atoms with E-state index in [0.717, 1.165) is 99.7 Å². The van der Waals surface area contributed by atoms with Crippen molar-refractivity contribution in [1.29, 1.82) is 0 Å². The fourth-order valence-electron chi connectivity index (χ4n) is 9.45. The second-order valence-corrected chi connectivity index (χ2v) is 16.2. The number of rotatable bonds is 7. The average Bonchev–Trinajstić information content (AvgIpc) is 4.07. The number of fused-ring (bicyclic) bond motifs is 7. The molecule has 0 saturated heterocycles. The molecular weight excluding hydrogens is 797 g/mol. The molecule has 7 nitrogen and oxygen atoms in total. The van der Waals surface area contributed by atoms with Crippen LogP contribution in [0.4, 0.5) is 0 Å². The van der Waals surface area contributed by atoms with Gasteiger partial charge in [0.05, 0.1) is 33.2 Å². The third-order valence-electron chi connectivity index (χ3n) is 12.4. The molecule has 0 amide bonds. The summed E-state index contributed by atoms with van der Waals surface area (Å²) in [6.07, 6.45) is 0. The van der Waals surface area contributed by atoms with Crippen molar-refractivity contribution >= 4 is 54.8 Å². The minimum absolute atomic E-state index is 0.505. The molecule has 65 heavy (non-hydrogen) atoms. The molecule has 0 unspecified atom stereocenters. The Morgan fingerprint density at radius 3 is 1.72 bits per heavy atom. The normalized spacial score (nSPS) is 11.7. The number of nitrogens with zero attached hydrogens (tertiary/aromatic N) is 6. The number of para-hydroxylation sites is 5. The number of hydrogen-bond donors (Lipinski definition) is 0. The summed E-state index contributed by atoms with van der Waals surface area (Å²) in [6, 6.07) is 75.5. The minimum Gasteiger partial charge on any atom is -0.454 e. The maximum absolute atomic E-state index is 7.29. The Bertz CT molecular complexity index is 3930. The van der Waals surface area contributed by atoms with Gasteiger partial charge in [0.2, 0.25) is 5.95 Å². The molecule has 0 radical (unpaired) electrons. The largest absolute Gasteiger partial charge is 0.454 e. The van der Waals surface area contributed by atoms with E-state index in [1.54, 1.807) is 0 Å². The van der Waals surface area contributed by atoms with Crippen LogP contribution in [0.3, 0.4) is 0 Å². The summed E-state index contributed by atoms with van der Waals surface area (Å²) < 4.78 is 11.7. The summed E-state index contributed by atoms with van der Waals surface area (Å²) in [5.41, 5.74) is 13.2. The lowest BCUT2D eigenvalue weighted by atomic mass is 9.96. The molecule has 0 aliphatic rings. The Morgan fingerprint density at radius 2 is 0.938 bits per heavy atom. The van der Waals surface area contributed by atoms with Gasteiger partial charge in [-0.3, -0.25) is 9.13 Å². The van der Waals surface area contributed by atoms with E-state index in [-0.39, 0.29) is 0 Å². The highest BCUT2D eigenvalue weighted by atomic mass is 16.3. The Labute approximate surface area is 373 Å². The zero-order valence-electron chi connectivity index (χ0n) is 34.9. The number of benzene rings is 9. The molecule has 0 saturated carbocycles. The van der Waals surface area contributed by atoms with Crippen molar-refractivity contribution < 1.29 is 4.42 Å². The maximum atomic E-state index is 7.29. The van der Waals surface area contributed by atoms with E-state index in [1.807, 2.05) is 54.6 Å². The Hall–Kier alpha value is -8.94. The second kappa shape index (κ2) is 14.9. The molecule has 0 fully saturated rings. The van der Waals surface area contributed by atoms with Gasteiger partial charge in [0.25, 0.3) is 0 Å². The van der Waals surface area contributed by atoms with E-state index in [2.05, 4.69) is 173 Å². The van der Waals surface area contributed by atoms with Gasteiger partial charge in [-0.2, -0.15) is 9.97 Å². The lowest BCUT2D eigenvalue weighted by molar-refractivity contribution is 0.670. The van der Waals surface area contributed by atoms with Gasteiger partial charge in [-0.05, 0) is 70.8 Å². The van der Waals surface area contributed by atoms with Crippen LogP contribution in [0.5, 0.6) is 0 Å². The topological polar surface area (TPSA) is 74.6 Å². The molecule has 0 aliphatic carbocycles. The molecule has 13 aromatic rings. The summed E-state index contributed by atoms with van der Waals surface area (Å²) in [6.45, 7) is 0. The van der Waals surface area contributed by atoms with Crippen molar-refractivity contribution in [3.8, 4) is 68.1 Å². The van der Waals surface area contributed by atoms with Crippen LogP contribution in [-0.4, -0.2) is 29.1 Å². The molecule has 304 valence electrons. The van der Waals surface area contributed by atoms with Crippen molar-refractivity contribution in [2.45, 2.75) is 0 Å². The van der Waals surface area contributed by atoms with Crippen LogP contribution in [0.1, 0.15) is 0 Å². The lowest BCUT2D eigenvalue weighted by Gasteiger charge is -2.14. The molecule has 0 N–H and O–H groups in total. The fourth-order valence-corrected chi connectivity index (χ4v) is 9.45. The smallest absolute Gasteiger partial charge is 0.238 e. The summed E-state index contributed by atoms with van der Waals surface area (Å²) in [7, 11) is 0. The highest BCUT2D eigenvalue weighted by Crippen LogP contribution is 2.45. The molecule has 0 aliphatic heterocycles. The summed E-state index contributed by atoms with van der Waals surface area (Å²) >= 11 is 0. The summed E-state index contributed by atoms with van der Waals surface area (Å²) in [4.78, 5) is 21.3. The number of hydrogen-bond acceptors (Lipinski definition) is 5. The van der Waals surface area contributed by atoms with E-state index in [4.69, 9.17) is 24.4 Å². The van der Waals surface area contributed by atoms with E-state index in [0.29, 0.717) is 23.2 Å². The van der Waals surface area contributed by atoms with E-state index >= 15 is 0 Å². The van der Waals surface area contributed by atoms with E-state index < -0.39 is 0 Å². The van der Waals surface area contributed by atoms with Crippen LogP contribution in [-0.2, 0) is 0 Å². The van der Waals surface area contributed by atoms with Gasteiger partial charge in [0, 0.05) is 32.8 Å². The SMILES string of the molecule is c1ccc(-c2ccc3c4ccccc4n(-c4nc(-c5ccccc5)nc(-c5cccc6c5oc5c(-c7nc8ccccc8n7-c7ccccc7)c(-c7ccccc7)ccc56)n4)c3c2)cc1. The van der Waals surface area contributed by atoms with Crippen LogP contribution >= 0.6 is 0 Å². The Balaban J connectivity index is 1.09.